The molecule has 16 heteroatoms. The van der Waals surface area contributed by atoms with E-state index in [1.807, 2.05) is 0 Å². The van der Waals surface area contributed by atoms with Crippen molar-refractivity contribution in [3.05, 3.63) is 0 Å². The van der Waals surface area contributed by atoms with E-state index in [2.05, 4.69) is 0 Å². The average molecular weight is 619 g/mol. The standard InChI is InChI=1S/C26H50O16/c27-25(28)23-41-21-19-39-17-15-37-13-11-35-9-7-33-5-3-31-1-2-32-4-6-34-8-10-36-12-14-38-16-18-40-20-22-42-24-26(29)30/h1-24H2,(H,27,28)(H,29,30). The number of carboxylic acids is 2. The lowest BCUT2D eigenvalue weighted by atomic mass is 10.6. The highest BCUT2D eigenvalue weighted by atomic mass is 16.6. The fourth-order valence-corrected chi connectivity index (χ4v) is 2.64. The van der Waals surface area contributed by atoms with Crippen molar-refractivity contribution in [2.45, 2.75) is 0 Å². The molecule has 0 aromatic heterocycles. The summed E-state index contributed by atoms with van der Waals surface area (Å²) >= 11 is 0. The molecule has 42 heavy (non-hydrogen) atoms. The van der Waals surface area contributed by atoms with Crippen molar-refractivity contribution in [3.8, 4) is 0 Å². The third kappa shape index (κ3) is 38.5. The SMILES string of the molecule is O=C(O)COCCOCCOCCOCCOCCOCCOCCOCCOCCOCCOCCOCC(=O)O. The van der Waals surface area contributed by atoms with Gasteiger partial charge in [0.05, 0.1) is 145 Å². The molecule has 0 aliphatic carbocycles. The molecular weight excluding hydrogens is 568 g/mol. The Bertz CT molecular complexity index is 520. The number of hydrogen-bond acceptors (Lipinski definition) is 14. The van der Waals surface area contributed by atoms with Crippen LogP contribution in [0.1, 0.15) is 0 Å². The van der Waals surface area contributed by atoms with Gasteiger partial charge >= 0.3 is 11.9 Å². The van der Waals surface area contributed by atoms with Crippen LogP contribution < -0.4 is 0 Å². The van der Waals surface area contributed by atoms with Crippen LogP contribution in [0.5, 0.6) is 0 Å². The molecule has 250 valence electrons. The van der Waals surface area contributed by atoms with Crippen molar-refractivity contribution in [2.24, 2.45) is 0 Å². The summed E-state index contributed by atoms with van der Waals surface area (Å²) < 4.78 is 63.3. The predicted molar refractivity (Wildman–Crippen MR) is 145 cm³/mol. The summed E-state index contributed by atoms with van der Waals surface area (Å²) in [6.45, 7) is 8.68. The first kappa shape index (κ1) is 40.5. The van der Waals surface area contributed by atoms with Crippen molar-refractivity contribution in [1.82, 2.24) is 0 Å². The number of rotatable bonds is 37. The lowest BCUT2D eigenvalue weighted by molar-refractivity contribution is -0.143. The molecular formula is C26H50O16. The lowest BCUT2D eigenvalue weighted by Crippen LogP contribution is -2.16. The van der Waals surface area contributed by atoms with Gasteiger partial charge in [-0.25, -0.2) is 9.59 Å². The molecule has 16 nitrogen and oxygen atoms in total. The molecule has 0 saturated carbocycles. The zero-order chi connectivity index (χ0) is 30.6. The summed E-state index contributed by atoms with van der Waals surface area (Å²) in [7, 11) is 0. The maximum absolute atomic E-state index is 10.3. The Morgan fingerprint density at radius 3 is 0.500 bits per heavy atom. The van der Waals surface area contributed by atoms with E-state index in [1.165, 1.54) is 0 Å². The molecule has 0 aromatic carbocycles. The Balaban J connectivity index is 3.04. The molecule has 0 radical (unpaired) electrons. The third-order valence-electron chi connectivity index (χ3n) is 4.54. The fourth-order valence-electron chi connectivity index (χ4n) is 2.64. The first-order valence-corrected chi connectivity index (χ1v) is 14.0. The van der Waals surface area contributed by atoms with Crippen LogP contribution in [0, 0.1) is 0 Å². The summed E-state index contributed by atoms with van der Waals surface area (Å²) in [4.78, 5) is 20.5. The molecule has 0 fully saturated rings. The summed E-state index contributed by atoms with van der Waals surface area (Å²) in [6.07, 6.45) is 0. The average Bonchev–Trinajstić information content (AvgIpc) is 2.96. The Kier molecular flexibility index (Phi) is 34.3. The molecule has 0 spiro atoms. The van der Waals surface area contributed by atoms with Crippen molar-refractivity contribution in [2.75, 3.05) is 159 Å². The molecule has 0 saturated heterocycles. The van der Waals surface area contributed by atoms with Crippen LogP contribution >= 0.6 is 0 Å². The monoisotopic (exact) mass is 618 g/mol. The van der Waals surface area contributed by atoms with Gasteiger partial charge in [0.25, 0.3) is 0 Å². The van der Waals surface area contributed by atoms with Crippen molar-refractivity contribution >= 4 is 11.9 Å². The van der Waals surface area contributed by atoms with Gasteiger partial charge in [0.1, 0.15) is 13.2 Å². The van der Waals surface area contributed by atoms with Gasteiger partial charge in [-0.15, -0.1) is 0 Å². The number of carbonyl (C=O) groups is 2. The molecule has 0 heterocycles. The quantitative estimate of drug-likeness (QED) is 0.0836. The van der Waals surface area contributed by atoms with Gasteiger partial charge < -0.3 is 67.1 Å². The Labute approximate surface area is 247 Å². The minimum Gasteiger partial charge on any atom is -0.480 e. The van der Waals surface area contributed by atoms with Crippen LogP contribution in [-0.4, -0.2) is 181 Å². The number of hydrogen-bond donors (Lipinski definition) is 2. The van der Waals surface area contributed by atoms with Gasteiger partial charge in [0.2, 0.25) is 0 Å². The number of ether oxygens (including phenoxy) is 12. The van der Waals surface area contributed by atoms with Crippen LogP contribution in [-0.2, 0) is 66.4 Å². The second-order valence-corrected chi connectivity index (χ2v) is 8.02. The lowest BCUT2D eigenvalue weighted by Gasteiger charge is -2.09. The highest BCUT2D eigenvalue weighted by molar-refractivity contribution is 5.68. The van der Waals surface area contributed by atoms with Gasteiger partial charge in [-0.05, 0) is 0 Å². The zero-order valence-corrected chi connectivity index (χ0v) is 24.6. The van der Waals surface area contributed by atoms with E-state index < -0.39 is 11.9 Å². The summed E-state index contributed by atoms with van der Waals surface area (Å²) in [5.41, 5.74) is 0. The zero-order valence-electron chi connectivity index (χ0n) is 24.6. The van der Waals surface area contributed by atoms with Gasteiger partial charge in [-0.1, -0.05) is 0 Å². The molecule has 2 N–H and O–H groups in total. The van der Waals surface area contributed by atoms with Crippen LogP contribution in [0.3, 0.4) is 0 Å². The largest absolute Gasteiger partial charge is 0.480 e. The smallest absolute Gasteiger partial charge is 0.329 e. The van der Waals surface area contributed by atoms with Crippen molar-refractivity contribution in [3.63, 3.8) is 0 Å². The summed E-state index contributed by atoms with van der Waals surface area (Å²) in [5.74, 6) is -2.00. The van der Waals surface area contributed by atoms with Crippen molar-refractivity contribution in [1.29, 1.82) is 0 Å². The Morgan fingerprint density at radius 1 is 0.262 bits per heavy atom. The maximum atomic E-state index is 10.3. The fraction of sp³-hybridized carbons (Fsp3) is 0.923. The number of carboxylic acid groups (broad SMARTS) is 2. The van der Waals surface area contributed by atoms with E-state index in [0.29, 0.717) is 132 Å². The highest BCUT2D eigenvalue weighted by Gasteiger charge is 1.98. The van der Waals surface area contributed by atoms with E-state index in [-0.39, 0.29) is 26.4 Å². The molecule has 0 aliphatic heterocycles. The van der Waals surface area contributed by atoms with Crippen LogP contribution in [0.4, 0.5) is 0 Å². The van der Waals surface area contributed by atoms with Gasteiger partial charge in [0, 0.05) is 0 Å². The van der Waals surface area contributed by atoms with Crippen molar-refractivity contribution < 1.29 is 76.6 Å². The van der Waals surface area contributed by atoms with E-state index in [4.69, 9.17) is 67.1 Å². The summed E-state index contributed by atoms with van der Waals surface area (Å²) in [5, 5.41) is 16.8. The van der Waals surface area contributed by atoms with Gasteiger partial charge in [-0.3, -0.25) is 0 Å². The Morgan fingerprint density at radius 2 is 0.381 bits per heavy atom. The van der Waals surface area contributed by atoms with E-state index in [0.717, 1.165) is 0 Å². The third-order valence-corrected chi connectivity index (χ3v) is 4.54. The molecule has 0 unspecified atom stereocenters. The van der Waals surface area contributed by atoms with Gasteiger partial charge in [-0.2, -0.15) is 0 Å². The van der Waals surface area contributed by atoms with Crippen LogP contribution in [0.15, 0.2) is 0 Å². The second-order valence-electron chi connectivity index (χ2n) is 8.02. The van der Waals surface area contributed by atoms with Crippen LogP contribution in [0.2, 0.25) is 0 Å². The van der Waals surface area contributed by atoms with E-state index in [1.54, 1.807) is 0 Å². The minimum atomic E-state index is -1.00. The minimum absolute atomic E-state index is 0.236. The molecule has 0 rings (SSSR count). The molecule has 0 aliphatic rings. The molecule has 0 aromatic rings. The second kappa shape index (κ2) is 35.7. The summed E-state index contributed by atoms with van der Waals surface area (Å²) in [6, 6.07) is 0. The molecule has 0 amide bonds. The molecule has 0 atom stereocenters. The molecule has 0 bridgehead atoms. The van der Waals surface area contributed by atoms with E-state index in [9.17, 15) is 9.59 Å². The predicted octanol–water partition coefficient (Wildman–Crippen LogP) is -0.645. The number of aliphatic carboxylic acids is 2. The maximum Gasteiger partial charge on any atom is 0.329 e. The first-order valence-electron chi connectivity index (χ1n) is 14.0. The van der Waals surface area contributed by atoms with Gasteiger partial charge in [0.15, 0.2) is 0 Å². The first-order chi connectivity index (χ1) is 20.6. The van der Waals surface area contributed by atoms with Crippen LogP contribution in [0.25, 0.3) is 0 Å². The van der Waals surface area contributed by atoms with E-state index >= 15 is 0 Å². The highest BCUT2D eigenvalue weighted by Crippen LogP contribution is 1.87. The Hall–Kier alpha value is -1.54. The normalized spacial score (nSPS) is 11.3. The topological polar surface area (TPSA) is 185 Å².